The van der Waals surface area contributed by atoms with Crippen molar-refractivity contribution in [1.82, 2.24) is 15.1 Å². The zero-order valence-corrected chi connectivity index (χ0v) is 9.34. The monoisotopic (exact) mass is 215 g/mol. The fourth-order valence-corrected chi connectivity index (χ4v) is 1.28. The van der Waals surface area contributed by atoms with E-state index in [-0.39, 0.29) is 5.92 Å². The summed E-state index contributed by atoms with van der Waals surface area (Å²) in [6.45, 7) is 7.90. The summed E-state index contributed by atoms with van der Waals surface area (Å²) in [6.07, 6.45) is 5.03. The molecule has 0 aliphatic heterocycles. The molecule has 0 N–H and O–H groups in total. The van der Waals surface area contributed by atoms with Gasteiger partial charge in [-0.2, -0.15) is 0 Å². The molecule has 0 saturated carbocycles. The van der Waals surface area contributed by atoms with Crippen LogP contribution in [-0.2, 0) is 0 Å². The third-order valence-corrected chi connectivity index (χ3v) is 2.53. The summed E-state index contributed by atoms with van der Waals surface area (Å²) in [4.78, 5) is 8.60. The average molecular weight is 215 g/mol. The Balaban J connectivity index is 2.26. The van der Waals surface area contributed by atoms with Crippen molar-refractivity contribution in [3.63, 3.8) is 0 Å². The van der Waals surface area contributed by atoms with Gasteiger partial charge in [-0.3, -0.25) is 0 Å². The zero-order chi connectivity index (χ0) is 11.5. The lowest BCUT2D eigenvalue weighted by Crippen LogP contribution is -2.01. The second kappa shape index (κ2) is 4.26. The molecule has 4 nitrogen and oxygen atoms in total. The van der Waals surface area contributed by atoms with E-state index in [0.29, 0.717) is 0 Å². The summed E-state index contributed by atoms with van der Waals surface area (Å²) in [7, 11) is 0. The van der Waals surface area contributed by atoms with E-state index in [4.69, 9.17) is 4.52 Å². The maximum Gasteiger partial charge on any atom is 0.135 e. The Morgan fingerprint density at radius 2 is 2.06 bits per heavy atom. The fraction of sp³-hybridized carbons (Fsp3) is 0.250. The number of nitrogens with zero attached hydrogens (tertiary/aromatic N) is 3. The molecule has 2 rings (SSSR count). The summed E-state index contributed by atoms with van der Waals surface area (Å²) < 4.78 is 4.77. The summed E-state index contributed by atoms with van der Waals surface area (Å²) in [6, 6.07) is 1.78. The standard InChI is InChI=1S/C12H13N3O/c1-8(2)9(3)12-13-6-10(7-14-12)11-4-5-16-15-11/h4-7,9H,1H2,2-3H3/t9-/m0/s1. The molecule has 2 heterocycles. The van der Waals surface area contributed by atoms with Gasteiger partial charge in [0.1, 0.15) is 17.8 Å². The SMILES string of the molecule is C=C(C)[C@H](C)c1ncc(-c2ccon2)cn1. The van der Waals surface area contributed by atoms with Gasteiger partial charge in [0.15, 0.2) is 0 Å². The molecule has 0 aliphatic carbocycles. The van der Waals surface area contributed by atoms with Crippen molar-refractivity contribution in [2.24, 2.45) is 0 Å². The third kappa shape index (κ3) is 2.00. The van der Waals surface area contributed by atoms with Crippen LogP contribution in [0.1, 0.15) is 25.6 Å². The first kappa shape index (κ1) is 10.5. The molecule has 0 bridgehead atoms. The van der Waals surface area contributed by atoms with Crippen LogP contribution < -0.4 is 0 Å². The van der Waals surface area contributed by atoms with E-state index in [1.54, 1.807) is 18.5 Å². The van der Waals surface area contributed by atoms with Gasteiger partial charge in [-0.1, -0.05) is 24.2 Å². The van der Waals surface area contributed by atoms with Crippen LogP contribution in [0.25, 0.3) is 11.3 Å². The lowest BCUT2D eigenvalue weighted by atomic mass is 10.0. The van der Waals surface area contributed by atoms with E-state index in [1.807, 2.05) is 13.8 Å². The molecule has 1 atom stereocenters. The van der Waals surface area contributed by atoms with E-state index >= 15 is 0 Å². The average Bonchev–Trinajstić information content (AvgIpc) is 2.81. The molecule has 0 amide bonds. The highest BCUT2D eigenvalue weighted by molar-refractivity contribution is 5.55. The van der Waals surface area contributed by atoms with Crippen molar-refractivity contribution >= 4 is 0 Å². The van der Waals surface area contributed by atoms with Crippen LogP contribution in [0.4, 0.5) is 0 Å². The molecule has 0 aromatic carbocycles. The van der Waals surface area contributed by atoms with Gasteiger partial charge in [0, 0.05) is 29.9 Å². The highest BCUT2D eigenvalue weighted by atomic mass is 16.5. The molecule has 4 heteroatoms. The summed E-state index contributed by atoms with van der Waals surface area (Å²) >= 11 is 0. The Labute approximate surface area is 94.0 Å². The van der Waals surface area contributed by atoms with Crippen LogP contribution in [-0.4, -0.2) is 15.1 Å². The Hall–Kier alpha value is -1.97. The van der Waals surface area contributed by atoms with Crippen molar-refractivity contribution in [2.45, 2.75) is 19.8 Å². The van der Waals surface area contributed by atoms with Gasteiger partial charge in [-0.15, -0.1) is 0 Å². The molecule has 0 fully saturated rings. The number of hydrogen-bond acceptors (Lipinski definition) is 4. The minimum Gasteiger partial charge on any atom is -0.364 e. The van der Waals surface area contributed by atoms with E-state index in [9.17, 15) is 0 Å². The van der Waals surface area contributed by atoms with Crippen molar-refractivity contribution < 1.29 is 4.52 Å². The molecule has 2 aromatic heterocycles. The van der Waals surface area contributed by atoms with Gasteiger partial charge in [0.05, 0.1) is 0 Å². The van der Waals surface area contributed by atoms with Crippen LogP contribution in [0, 0.1) is 0 Å². The van der Waals surface area contributed by atoms with Crippen molar-refractivity contribution in [2.75, 3.05) is 0 Å². The first-order valence-electron chi connectivity index (χ1n) is 5.06. The molecule has 16 heavy (non-hydrogen) atoms. The smallest absolute Gasteiger partial charge is 0.135 e. The Morgan fingerprint density at radius 3 is 2.56 bits per heavy atom. The first-order valence-corrected chi connectivity index (χ1v) is 5.06. The number of rotatable bonds is 3. The predicted molar refractivity (Wildman–Crippen MR) is 60.8 cm³/mol. The molecule has 82 valence electrons. The normalized spacial score (nSPS) is 12.4. The topological polar surface area (TPSA) is 51.8 Å². The first-order chi connectivity index (χ1) is 7.68. The molecule has 0 aliphatic rings. The fourth-order valence-electron chi connectivity index (χ4n) is 1.28. The number of aromatic nitrogens is 3. The van der Waals surface area contributed by atoms with Crippen molar-refractivity contribution in [3.8, 4) is 11.3 Å². The largest absolute Gasteiger partial charge is 0.364 e. The summed E-state index contributed by atoms with van der Waals surface area (Å²) in [5.74, 6) is 0.950. The van der Waals surface area contributed by atoms with E-state index < -0.39 is 0 Å². The van der Waals surface area contributed by atoms with Crippen molar-refractivity contribution in [3.05, 3.63) is 42.7 Å². The predicted octanol–water partition coefficient (Wildman–Crippen LogP) is 2.81. The lowest BCUT2D eigenvalue weighted by Gasteiger charge is -2.08. The maximum atomic E-state index is 4.77. The van der Waals surface area contributed by atoms with E-state index in [1.165, 1.54) is 6.26 Å². The summed E-state index contributed by atoms with van der Waals surface area (Å²) in [5, 5.41) is 3.82. The van der Waals surface area contributed by atoms with Gasteiger partial charge < -0.3 is 4.52 Å². The van der Waals surface area contributed by atoms with Gasteiger partial charge in [-0.25, -0.2) is 9.97 Å². The highest BCUT2D eigenvalue weighted by Gasteiger charge is 2.10. The number of hydrogen-bond donors (Lipinski definition) is 0. The molecule has 0 saturated heterocycles. The Bertz CT molecular complexity index is 473. The minimum atomic E-state index is 0.173. The van der Waals surface area contributed by atoms with Crippen LogP contribution in [0.15, 0.2) is 41.4 Å². The molecule has 2 aromatic rings. The molecular weight excluding hydrogens is 202 g/mol. The second-order valence-corrected chi connectivity index (χ2v) is 3.78. The highest BCUT2D eigenvalue weighted by Crippen LogP contribution is 2.20. The van der Waals surface area contributed by atoms with Gasteiger partial charge in [-0.05, 0) is 6.92 Å². The second-order valence-electron chi connectivity index (χ2n) is 3.78. The van der Waals surface area contributed by atoms with E-state index in [0.717, 1.165) is 22.7 Å². The van der Waals surface area contributed by atoms with Crippen LogP contribution in [0.5, 0.6) is 0 Å². The quantitative estimate of drug-likeness (QED) is 0.739. The van der Waals surface area contributed by atoms with Gasteiger partial charge in [0.2, 0.25) is 0 Å². The van der Waals surface area contributed by atoms with Gasteiger partial charge >= 0.3 is 0 Å². The minimum absolute atomic E-state index is 0.173. The third-order valence-electron chi connectivity index (χ3n) is 2.53. The van der Waals surface area contributed by atoms with Crippen LogP contribution >= 0.6 is 0 Å². The Morgan fingerprint density at radius 1 is 1.38 bits per heavy atom. The zero-order valence-electron chi connectivity index (χ0n) is 9.34. The van der Waals surface area contributed by atoms with Crippen molar-refractivity contribution in [1.29, 1.82) is 0 Å². The van der Waals surface area contributed by atoms with Crippen LogP contribution in [0.3, 0.4) is 0 Å². The molecule has 0 spiro atoms. The van der Waals surface area contributed by atoms with Gasteiger partial charge in [0.25, 0.3) is 0 Å². The lowest BCUT2D eigenvalue weighted by molar-refractivity contribution is 0.422. The molecule has 0 unspecified atom stereocenters. The maximum absolute atomic E-state index is 4.77. The molecular formula is C12H13N3O. The molecule has 0 radical (unpaired) electrons. The number of allylic oxidation sites excluding steroid dienone is 1. The summed E-state index contributed by atoms with van der Waals surface area (Å²) in [5.41, 5.74) is 2.65. The van der Waals surface area contributed by atoms with Crippen LogP contribution in [0.2, 0.25) is 0 Å². The Kier molecular flexibility index (Phi) is 2.81. The van der Waals surface area contributed by atoms with E-state index in [2.05, 4.69) is 21.7 Å².